The summed E-state index contributed by atoms with van der Waals surface area (Å²) in [6, 6.07) is 8.94. The van der Waals surface area contributed by atoms with E-state index in [-0.39, 0.29) is 5.91 Å². The average Bonchev–Trinajstić information content (AvgIpc) is 2.64. The summed E-state index contributed by atoms with van der Waals surface area (Å²) in [5.74, 6) is 1.00. The molecule has 1 aromatic heterocycles. The van der Waals surface area contributed by atoms with Gasteiger partial charge in [-0.2, -0.15) is 0 Å². The Labute approximate surface area is 142 Å². The van der Waals surface area contributed by atoms with Gasteiger partial charge in [0, 0.05) is 38.7 Å². The van der Waals surface area contributed by atoms with Crippen LogP contribution in [-0.2, 0) is 11.3 Å². The second kappa shape index (κ2) is 8.88. The molecule has 0 atom stereocenters. The number of nitrogens with zero attached hydrogens (tertiary/aromatic N) is 2. The van der Waals surface area contributed by atoms with Gasteiger partial charge in [-0.3, -0.25) is 9.78 Å². The Morgan fingerprint density at radius 3 is 2.46 bits per heavy atom. The van der Waals surface area contributed by atoms with Gasteiger partial charge in [-0.05, 0) is 29.8 Å². The monoisotopic (exact) mass is 330 g/mol. The van der Waals surface area contributed by atoms with Crippen LogP contribution in [0.15, 0.2) is 42.7 Å². The average molecular weight is 330 g/mol. The summed E-state index contributed by atoms with van der Waals surface area (Å²) in [4.78, 5) is 18.7. The van der Waals surface area contributed by atoms with E-state index in [9.17, 15) is 4.79 Å². The molecule has 0 aliphatic heterocycles. The molecule has 1 amide bonds. The third-order valence-electron chi connectivity index (χ3n) is 3.61. The van der Waals surface area contributed by atoms with Crippen LogP contribution in [0.1, 0.15) is 15.9 Å². The van der Waals surface area contributed by atoms with E-state index in [1.807, 2.05) is 12.1 Å². The number of carbonyl (C=O) groups is 1. The minimum atomic E-state index is -0.122. The second-order valence-corrected chi connectivity index (χ2v) is 5.14. The van der Waals surface area contributed by atoms with Crippen molar-refractivity contribution in [3.05, 3.63) is 53.9 Å². The van der Waals surface area contributed by atoms with Gasteiger partial charge in [-0.15, -0.1) is 0 Å². The topological polar surface area (TPSA) is 60.9 Å². The molecule has 6 heteroatoms. The summed E-state index contributed by atoms with van der Waals surface area (Å²) in [6.45, 7) is 1.40. The van der Waals surface area contributed by atoms with Gasteiger partial charge >= 0.3 is 0 Å². The molecule has 0 spiro atoms. The highest BCUT2D eigenvalue weighted by atomic mass is 16.5. The third-order valence-corrected chi connectivity index (χ3v) is 3.61. The molecular weight excluding hydrogens is 308 g/mol. The summed E-state index contributed by atoms with van der Waals surface area (Å²) < 4.78 is 15.7. The van der Waals surface area contributed by atoms with Crippen LogP contribution in [0.2, 0.25) is 0 Å². The molecule has 0 aliphatic rings. The summed E-state index contributed by atoms with van der Waals surface area (Å²) in [7, 11) is 4.72. The van der Waals surface area contributed by atoms with Crippen molar-refractivity contribution in [3.63, 3.8) is 0 Å². The Balaban J connectivity index is 2.26. The van der Waals surface area contributed by atoms with Gasteiger partial charge in [0.2, 0.25) is 0 Å². The van der Waals surface area contributed by atoms with Crippen LogP contribution in [0, 0.1) is 0 Å². The van der Waals surface area contributed by atoms with Gasteiger partial charge in [0.05, 0.1) is 26.4 Å². The van der Waals surface area contributed by atoms with E-state index in [1.54, 1.807) is 49.7 Å². The van der Waals surface area contributed by atoms with Crippen LogP contribution in [0.5, 0.6) is 11.5 Å². The van der Waals surface area contributed by atoms with Crippen LogP contribution in [-0.4, -0.2) is 50.3 Å². The van der Waals surface area contributed by atoms with E-state index in [0.29, 0.717) is 36.8 Å². The zero-order valence-electron chi connectivity index (χ0n) is 14.2. The zero-order valence-corrected chi connectivity index (χ0v) is 14.2. The zero-order chi connectivity index (χ0) is 17.4. The van der Waals surface area contributed by atoms with E-state index in [1.165, 1.54) is 7.11 Å². The molecule has 0 saturated carbocycles. The van der Waals surface area contributed by atoms with Crippen molar-refractivity contribution in [2.45, 2.75) is 6.54 Å². The van der Waals surface area contributed by atoms with Crippen LogP contribution in [0.25, 0.3) is 0 Å². The molecule has 6 nitrogen and oxygen atoms in total. The minimum absolute atomic E-state index is 0.122. The summed E-state index contributed by atoms with van der Waals surface area (Å²) in [6.07, 6.45) is 3.42. The number of carbonyl (C=O) groups excluding carboxylic acids is 1. The van der Waals surface area contributed by atoms with Crippen molar-refractivity contribution in [1.29, 1.82) is 0 Å². The fourth-order valence-electron chi connectivity index (χ4n) is 2.31. The molecule has 0 fully saturated rings. The van der Waals surface area contributed by atoms with Gasteiger partial charge in [-0.25, -0.2) is 0 Å². The lowest BCUT2D eigenvalue weighted by molar-refractivity contribution is 0.0677. The Kier molecular flexibility index (Phi) is 6.57. The van der Waals surface area contributed by atoms with Crippen molar-refractivity contribution in [2.24, 2.45) is 0 Å². The fourth-order valence-corrected chi connectivity index (χ4v) is 2.31. The molecule has 1 aromatic carbocycles. The molecule has 0 unspecified atom stereocenters. The largest absolute Gasteiger partial charge is 0.497 e. The summed E-state index contributed by atoms with van der Waals surface area (Å²) in [5, 5.41) is 0. The normalized spacial score (nSPS) is 10.3. The molecule has 0 aliphatic carbocycles. The first-order chi connectivity index (χ1) is 11.7. The predicted octanol–water partition coefficient (Wildman–Crippen LogP) is 2.39. The maximum atomic E-state index is 13.0. The number of hydrogen-bond acceptors (Lipinski definition) is 5. The van der Waals surface area contributed by atoms with Crippen LogP contribution in [0.3, 0.4) is 0 Å². The van der Waals surface area contributed by atoms with Crippen LogP contribution < -0.4 is 9.47 Å². The number of aromatic nitrogens is 1. The number of rotatable bonds is 8. The van der Waals surface area contributed by atoms with Crippen LogP contribution in [0.4, 0.5) is 0 Å². The van der Waals surface area contributed by atoms with Gasteiger partial charge in [0.1, 0.15) is 11.5 Å². The first kappa shape index (κ1) is 17.7. The lowest BCUT2D eigenvalue weighted by atomic mass is 10.1. The highest BCUT2D eigenvalue weighted by molar-refractivity contribution is 5.97. The Morgan fingerprint density at radius 2 is 1.83 bits per heavy atom. The maximum Gasteiger partial charge on any atom is 0.258 e. The maximum absolute atomic E-state index is 13.0. The molecule has 24 heavy (non-hydrogen) atoms. The molecule has 2 aromatic rings. The van der Waals surface area contributed by atoms with Crippen molar-refractivity contribution < 1.29 is 19.0 Å². The fraction of sp³-hybridized carbons (Fsp3) is 0.333. The molecule has 2 rings (SSSR count). The van der Waals surface area contributed by atoms with E-state index in [2.05, 4.69) is 4.98 Å². The minimum Gasteiger partial charge on any atom is -0.497 e. The number of amides is 1. The van der Waals surface area contributed by atoms with E-state index in [0.717, 1.165) is 5.56 Å². The first-order valence-electron chi connectivity index (χ1n) is 7.58. The number of benzene rings is 1. The van der Waals surface area contributed by atoms with Crippen molar-refractivity contribution >= 4 is 5.91 Å². The number of pyridine rings is 1. The number of ether oxygens (including phenoxy) is 3. The summed E-state index contributed by atoms with van der Waals surface area (Å²) >= 11 is 0. The first-order valence-corrected chi connectivity index (χ1v) is 7.58. The van der Waals surface area contributed by atoms with Crippen LogP contribution >= 0.6 is 0 Å². The van der Waals surface area contributed by atoms with Gasteiger partial charge in [0.15, 0.2) is 0 Å². The van der Waals surface area contributed by atoms with Gasteiger partial charge in [-0.1, -0.05) is 0 Å². The van der Waals surface area contributed by atoms with Gasteiger partial charge < -0.3 is 19.1 Å². The molecule has 0 saturated heterocycles. The molecule has 0 radical (unpaired) electrons. The Bertz CT molecular complexity index is 661. The highest BCUT2D eigenvalue weighted by Gasteiger charge is 2.20. The standard InChI is InChI=1S/C18H22N2O4/c1-22-11-10-20(13-14-6-8-19-9-7-14)18(21)16-5-4-15(23-2)12-17(16)24-3/h4-9,12H,10-11,13H2,1-3H3. The smallest absolute Gasteiger partial charge is 0.258 e. The Hall–Kier alpha value is -2.60. The van der Waals surface area contributed by atoms with Crippen molar-refractivity contribution in [1.82, 2.24) is 9.88 Å². The van der Waals surface area contributed by atoms with Crippen molar-refractivity contribution in [3.8, 4) is 11.5 Å². The number of hydrogen-bond donors (Lipinski definition) is 0. The lowest BCUT2D eigenvalue weighted by Crippen LogP contribution is -2.33. The SMILES string of the molecule is COCCN(Cc1ccncc1)C(=O)c1ccc(OC)cc1OC. The predicted molar refractivity (Wildman–Crippen MR) is 90.4 cm³/mol. The lowest BCUT2D eigenvalue weighted by Gasteiger charge is -2.23. The molecule has 0 N–H and O–H groups in total. The van der Waals surface area contributed by atoms with E-state index >= 15 is 0 Å². The van der Waals surface area contributed by atoms with Gasteiger partial charge in [0.25, 0.3) is 5.91 Å². The molecule has 1 heterocycles. The molecule has 128 valence electrons. The summed E-state index contributed by atoms with van der Waals surface area (Å²) in [5.41, 5.74) is 1.49. The molecular formula is C18H22N2O4. The molecule has 0 bridgehead atoms. The van der Waals surface area contributed by atoms with E-state index in [4.69, 9.17) is 14.2 Å². The third kappa shape index (κ3) is 4.45. The quantitative estimate of drug-likeness (QED) is 0.744. The van der Waals surface area contributed by atoms with Crippen molar-refractivity contribution in [2.75, 3.05) is 34.5 Å². The Morgan fingerprint density at radius 1 is 1.08 bits per heavy atom. The number of methoxy groups -OCH3 is 3. The van der Waals surface area contributed by atoms with E-state index < -0.39 is 0 Å². The second-order valence-electron chi connectivity index (χ2n) is 5.14. The highest BCUT2D eigenvalue weighted by Crippen LogP contribution is 2.26.